The van der Waals surface area contributed by atoms with Crippen LogP contribution in [-0.4, -0.2) is 23.1 Å². The molecule has 1 atom stereocenters. The van der Waals surface area contributed by atoms with Gasteiger partial charge in [0.15, 0.2) is 0 Å². The summed E-state index contributed by atoms with van der Waals surface area (Å²) in [5.74, 6) is 0. The van der Waals surface area contributed by atoms with Gasteiger partial charge in [0.2, 0.25) is 0 Å². The van der Waals surface area contributed by atoms with Crippen molar-refractivity contribution in [1.29, 1.82) is 0 Å². The lowest BCUT2D eigenvalue weighted by Gasteiger charge is -2.39. The van der Waals surface area contributed by atoms with Crippen LogP contribution in [0.15, 0.2) is 48.5 Å². The predicted octanol–water partition coefficient (Wildman–Crippen LogP) is 1.42. The summed E-state index contributed by atoms with van der Waals surface area (Å²) in [6.45, 7) is 2.05. The minimum atomic E-state index is 0.0701. The first-order valence-electron chi connectivity index (χ1n) is 7.55. The number of para-hydroxylation sites is 1. The average molecular weight is 275 g/mol. The normalized spacial score (nSPS) is 24.8. The van der Waals surface area contributed by atoms with Gasteiger partial charge in [-0.3, -0.25) is 10.0 Å². The maximum absolute atomic E-state index is 3.59. The molecule has 2 aromatic carbocycles. The Bertz CT molecular complexity index is 842. The lowest BCUT2D eigenvalue weighted by Crippen LogP contribution is -2.49. The van der Waals surface area contributed by atoms with Crippen LogP contribution in [0.5, 0.6) is 0 Å². The molecule has 1 fully saturated rings. The predicted molar refractivity (Wildman–Crippen MR) is 84.4 cm³/mol. The SMILES string of the molecule is C1=c2ccccc2=CN2N1CCC21CNc2ccccc21. The molecular formula is C18H17N3. The minimum absolute atomic E-state index is 0.0701. The van der Waals surface area contributed by atoms with Crippen molar-refractivity contribution in [3.05, 3.63) is 64.5 Å². The molecule has 0 amide bonds. The van der Waals surface area contributed by atoms with Crippen LogP contribution in [0.1, 0.15) is 12.0 Å². The van der Waals surface area contributed by atoms with Crippen LogP contribution < -0.4 is 15.8 Å². The van der Waals surface area contributed by atoms with Crippen LogP contribution in [0.3, 0.4) is 0 Å². The summed E-state index contributed by atoms with van der Waals surface area (Å²) in [5.41, 5.74) is 2.78. The van der Waals surface area contributed by atoms with Crippen LogP contribution in [0, 0.1) is 0 Å². The van der Waals surface area contributed by atoms with Gasteiger partial charge in [0.05, 0.1) is 0 Å². The van der Waals surface area contributed by atoms with E-state index in [1.54, 1.807) is 0 Å². The van der Waals surface area contributed by atoms with Gasteiger partial charge in [-0.1, -0.05) is 42.5 Å². The summed E-state index contributed by atoms with van der Waals surface area (Å²) in [7, 11) is 0. The highest BCUT2D eigenvalue weighted by atomic mass is 15.7. The fraction of sp³-hybridized carbons (Fsp3) is 0.222. The Labute approximate surface area is 123 Å². The highest BCUT2D eigenvalue weighted by Crippen LogP contribution is 2.46. The molecule has 3 heteroatoms. The molecule has 2 aromatic rings. The third kappa shape index (κ3) is 1.38. The zero-order chi connectivity index (χ0) is 13.9. The lowest BCUT2D eigenvalue weighted by atomic mass is 9.89. The third-order valence-electron chi connectivity index (χ3n) is 5.01. The van der Waals surface area contributed by atoms with Crippen LogP contribution in [0.2, 0.25) is 0 Å². The van der Waals surface area contributed by atoms with Crippen LogP contribution in [-0.2, 0) is 5.54 Å². The molecule has 0 radical (unpaired) electrons. The highest BCUT2D eigenvalue weighted by Gasteiger charge is 2.49. The van der Waals surface area contributed by atoms with Gasteiger partial charge in [0.25, 0.3) is 0 Å². The van der Waals surface area contributed by atoms with Crippen molar-refractivity contribution in [1.82, 2.24) is 10.0 Å². The molecule has 0 aliphatic carbocycles. The number of rotatable bonds is 0. The molecular weight excluding hydrogens is 258 g/mol. The van der Waals surface area contributed by atoms with Gasteiger partial charge in [-0.15, -0.1) is 0 Å². The van der Waals surface area contributed by atoms with Crippen LogP contribution in [0.25, 0.3) is 12.4 Å². The monoisotopic (exact) mass is 275 g/mol. The van der Waals surface area contributed by atoms with E-state index < -0.39 is 0 Å². The van der Waals surface area contributed by atoms with E-state index in [1.807, 2.05) is 0 Å². The quantitative estimate of drug-likeness (QED) is 0.784. The zero-order valence-electron chi connectivity index (χ0n) is 11.8. The molecule has 1 saturated heterocycles. The minimum Gasteiger partial charge on any atom is -0.382 e. The van der Waals surface area contributed by atoms with E-state index in [0.717, 1.165) is 19.5 Å². The zero-order valence-corrected chi connectivity index (χ0v) is 11.8. The van der Waals surface area contributed by atoms with Crippen molar-refractivity contribution in [2.24, 2.45) is 0 Å². The van der Waals surface area contributed by atoms with Crippen molar-refractivity contribution >= 4 is 18.1 Å². The standard InChI is InChI=1S/C18H17N3/c1-2-6-15-12-21-18(9-10-20(21)11-14(15)5-1)13-19-17-8-4-3-7-16(17)18/h1-8,11-12,19H,9-10,13H2. The lowest BCUT2D eigenvalue weighted by molar-refractivity contribution is 0.0858. The number of nitrogens with zero attached hydrogens (tertiary/aromatic N) is 2. The maximum atomic E-state index is 3.59. The average Bonchev–Trinajstić information content (AvgIpc) is 3.09. The molecule has 3 aliphatic heterocycles. The van der Waals surface area contributed by atoms with Gasteiger partial charge in [-0.05, 0) is 12.5 Å². The van der Waals surface area contributed by atoms with Crippen LogP contribution >= 0.6 is 0 Å². The Kier molecular flexibility index (Phi) is 2.05. The first-order chi connectivity index (χ1) is 10.4. The Morgan fingerprint density at radius 2 is 1.67 bits per heavy atom. The molecule has 0 bridgehead atoms. The molecule has 1 spiro atoms. The van der Waals surface area contributed by atoms with Gasteiger partial charge < -0.3 is 5.32 Å². The molecule has 3 aliphatic rings. The number of hydrazine groups is 1. The molecule has 0 aromatic heterocycles. The van der Waals surface area contributed by atoms with Gasteiger partial charge in [0, 0.05) is 47.2 Å². The molecule has 3 nitrogen and oxygen atoms in total. The molecule has 0 saturated carbocycles. The first kappa shape index (κ1) is 11.3. The number of fused-ring (bicyclic) bond motifs is 5. The third-order valence-corrected chi connectivity index (χ3v) is 5.01. The smallest absolute Gasteiger partial charge is 0.106 e. The largest absolute Gasteiger partial charge is 0.382 e. The highest BCUT2D eigenvalue weighted by molar-refractivity contribution is 5.61. The fourth-order valence-corrected chi connectivity index (χ4v) is 3.94. The molecule has 21 heavy (non-hydrogen) atoms. The second-order valence-electron chi connectivity index (χ2n) is 6.08. The summed E-state index contributed by atoms with van der Waals surface area (Å²) in [4.78, 5) is 0. The van der Waals surface area contributed by atoms with E-state index in [1.165, 1.54) is 21.7 Å². The summed E-state index contributed by atoms with van der Waals surface area (Å²) in [6.07, 6.45) is 5.75. The summed E-state index contributed by atoms with van der Waals surface area (Å²) in [6, 6.07) is 17.3. The van der Waals surface area contributed by atoms with Gasteiger partial charge in [-0.25, -0.2) is 0 Å². The van der Waals surface area contributed by atoms with E-state index in [9.17, 15) is 0 Å². The Balaban J connectivity index is 1.72. The van der Waals surface area contributed by atoms with Crippen molar-refractivity contribution in [3.63, 3.8) is 0 Å². The fourth-order valence-electron chi connectivity index (χ4n) is 3.94. The summed E-state index contributed by atoms with van der Waals surface area (Å²) in [5, 5.41) is 11.0. The van der Waals surface area contributed by atoms with Gasteiger partial charge in [-0.2, -0.15) is 0 Å². The number of hydrogen-bond donors (Lipinski definition) is 1. The maximum Gasteiger partial charge on any atom is 0.106 e. The van der Waals surface area contributed by atoms with Crippen molar-refractivity contribution in [2.45, 2.75) is 12.0 Å². The Morgan fingerprint density at radius 3 is 2.57 bits per heavy atom. The van der Waals surface area contributed by atoms with E-state index in [4.69, 9.17) is 0 Å². The van der Waals surface area contributed by atoms with Crippen molar-refractivity contribution in [3.8, 4) is 0 Å². The van der Waals surface area contributed by atoms with Gasteiger partial charge >= 0.3 is 0 Å². The van der Waals surface area contributed by atoms with Crippen molar-refractivity contribution in [2.75, 3.05) is 18.4 Å². The topological polar surface area (TPSA) is 18.5 Å². The van der Waals surface area contributed by atoms with Crippen molar-refractivity contribution < 1.29 is 0 Å². The van der Waals surface area contributed by atoms with Crippen LogP contribution in [0.4, 0.5) is 5.69 Å². The second kappa shape index (κ2) is 3.82. The Morgan fingerprint density at radius 1 is 0.905 bits per heavy atom. The molecule has 3 heterocycles. The number of nitrogens with one attached hydrogen (secondary N) is 1. The first-order valence-corrected chi connectivity index (χ1v) is 7.55. The number of benzene rings is 2. The molecule has 1 N–H and O–H groups in total. The Hall–Kier alpha value is -2.42. The molecule has 1 unspecified atom stereocenters. The molecule has 5 rings (SSSR count). The van der Waals surface area contributed by atoms with E-state index in [-0.39, 0.29) is 5.54 Å². The molecule has 104 valence electrons. The van der Waals surface area contributed by atoms with Gasteiger partial charge in [0.1, 0.15) is 5.54 Å². The number of anilines is 1. The van der Waals surface area contributed by atoms with E-state index >= 15 is 0 Å². The van der Waals surface area contributed by atoms with E-state index in [2.05, 4.69) is 76.3 Å². The summed E-state index contributed by atoms with van der Waals surface area (Å²) >= 11 is 0. The van der Waals surface area contributed by atoms with E-state index in [0.29, 0.717) is 0 Å². The second-order valence-corrected chi connectivity index (χ2v) is 6.08. The number of hydrogen-bond acceptors (Lipinski definition) is 3. The summed E-state index contributed by atoms with van der Waals surface area (Å²) < 4.78 is 0.